The van der Waals surface area contributed by atoms with Gasteiger partial charge in [-0.2, -0.15) is 0 Å². The van der Waals surface area contributed by atoms with Gasteiger partial charge < -0.3 is 15.3 Å². The third-order valence-electron chi connectivity index (χ3n) is 4.31. The van der Waals surface area contributed by atoms with Gasteiger partial charge in [0.25, 0.3) is 0 Å². The summed E-state index contributed by atoms with van der Waals surface area (Å²) in [5.41, 5.74) is -0.0709. The van der Waals surface area contributed by atoms with E-state index in [1.807, 2.05) is 0 Å². The lowest BCUT2D eigenvalue weighted by Gasteiger charge is -2.38. The van der Waals surface area contributed by atoms with Crippen LogP contribution in [0.2, 0.25) is 0 Å². The van der Waals surface area contributed by atoms with E-state index in [9.17, 15) is 9.59 Å². The second-order valence-corrected chi connectivity index (χ2v) is 5.77. The van der Waals surface area contributed by atoms with Crippen molar-refractivity contribution in [2.75, 3.05) is 19.6 Å². The molecule has 0 radical (unpaired) electrons. The summed E-state index contributed by atoms with van der Waals surface area (Å²) in [6.45, 7) is 1.81. The highest BCUT2D eigenvalue weighted by Crippen LogP contribution is 2.28. The van der Waals surface area contributed by atoms with E-state index in [0.717, 1.165) is 18.9 Å². The van der Waals surface area contributed by atoms with Crippen LogP contribution >= 0.6 is 0 Å². The van der Waals surface area contributed by atoms with Crippen LogP contribution in [-0.4, -0.2) is 56.6 Å². The lowest BCUT2D eigenvalue weighted by atomic mass is 9.83. The molecule has 1 aliphatic heterocycles. The lowest BCUT2D eigenvalue weighted by molar-refractivity contribution is 0.0690. The van der Waals surface area contributed by atoms with Crippen LogP contribution in [0.1, 0.15) is 42.2 Å². The van der Waals surface area contributed by atoms with Crippen LogP contribution in [0, 0.1) is 5.92 Å². The third kappa shape index (κ3) is 2.98. The van der Waals surface area contributed by atoms with Crippen molar-refractivity contribution in [2.24, 2.45) is 5.92 Å². The van der Waals surface area contributed by atoms with Crippen molar-refractivity contribution < 1.29 is 14.7 Å². The predicted molar refractivity (Wildman–Crippen MR) is 72.9 cm³/mol. The number of nitrogens with one attached hydrogen (secondary N) is 1. The van der Waals surface area contributed by atoms with Crippen LogP contribution in [0.5, 0.6) is 0 Å². The minimum absolute atomic E-state index is 0.0167. The van der Waals surface area contributed by atoms with Crippen molar-refractivity contribution >= 4 is 12.0 Å². The fourth-order valence-electron chi connectivity index (χ4n) is 2.62. The highest BCUT2D eigenvalue weighted by atomic mass is 16.4. The van der Waals surface area contributed by atoms with Crippen molar-refractivity contribution in [3.63, 3.8) is 0 Å². The number of aromatic nitrogens is 3. The zero-order chi connectivity index (χ0) is 14.8. The molecule has 1 saturated carbocycles. The van der Waals surface area contributed by atoms with Crippen molar-refractivity contribution in [3.05, 3.63) is 11.9 Å². The number of carbonyl (C=O) groups excluding carboxylic acids is 1. The summed E-state index contributed by atoms with van der Waals surface area (Å²) in [5.74, 6) is -0.301. The zero-order valence-electron chi connectivity index (χ0n) is 11.7. The molecule has 114 valence electrons. The summed E-state index contributed by atoms with van der Waals surface area (Å²) in [6.07, 6.45) is 6.37. The van der Waals surface area contributed by atoms with Crippen molar-refractivity contribution in [3.8, 4) is 0 Å². The molecule has 1 aliphatic carbocycles. The molecule has 2 aliphatic rings. The molecule has 0 aromatic carbocycles. The Morgan fingerprint density at radius 1 is 1.38 bits per heavy atom. The molecular weight excluding hydrogens is 274 g/mol. The van der Waals surface area contributed by atoms with Gasteiger partial charge in [-0.15, -0.1) is 5.10 Å². The van der Waals surface area contributed by atoms with Crippen LogP contribution in [-0.2, 0) is 0 Å². The number of carboxylic acids is 1. The van der Waals surface area contributed by atoms with E-state index in [-0.39, 0.29) is 17.8 Å². The van der Waals surface area contributed by atoms with Crippen LogP contribution in [0.4, 0.5) is 4.79 Å². The van der Waals surface area contributed by atoms with Crippen LogP contribution in [0.25, 0.3) is 0 Å². The monoisotopic (exact) mass is 293 g/mol. The maximum Gasteiger partial charge on any atom is 0.358 e. The molecule has 2 fully saturated rings. The molecule has 1 aromatic heterocycles. The maximum atomic E-state index is 11.9. The summed E-state index contributed by atoms with van der Waals surface area (Å²) in [6, 6.07) is -0.0351. The second-order valence-electron chi connectivity index (χ2n) is 5.77. The van der Waals surface area contributed by atoms with Gasteiger partial charge in [-0.05, 0) is 12.3 Å². The molecule has 3 rings (SSSR count). The molecule has 0 spiro atoms. The summed E-state index contributed by atoms with van der Waals surface area (Å²) in [4.78, 5) is 24.3. The van der Waals surface area contributed by atoms with Gasteiger partial charge in [0.15, 0.2) is 5.69 Å². The molecule has 1 saturated heterocycles. The first-order chi connectivity index (χ1) is 10.1. The minimum Gasteiger partial charge on any atom is -0.476 e. The molecule has 2 N–H and O–H groups in total. The van der Waals surface area contributed by atoms with Gasteiger partial charge in [0, 0.05) is 19.6 Å². The molecule has 8 nitrogen and oxygen atoms in total. The van der Waals surface area contributed by atoms with E-state index in [1.54, 1.807) is 4.90 Å². The third-order valence-corrected chi connectivity index (χ3v) is 4.31. The summed E-state index contributed by atoms with van der Waals surface area (Å²) >= 11 is 0. The molecule has 0 unspecified atom stereocenters. The molecule has 1 aromatic rings. The molecular formula is C13H19N5O3. The fraction of sp³-hybridized carbons (Fsp3) is 0.692. The number of carbonyl (C=O) groups is 2. The van der Waals surface area contributed by atoms with Gasteiger partial charge >= 0.3 is 12.0 Å². The zero-order valence-corrected chi connectivity index (χ0v) is 11.7. The van der Waals surface area contributed by atoms with E-state index >= 15 is 0 Å². The molecule has 0 atom stereocenters. The Hall–Kier alpha value is -2.12. The molecule has 0 bridgehead atoms. The Kier molecular flexibility index (Phi) is 3.76. The number of likely N-dealkylation sites (tertiary alicyclic amines) is 1. The van der Waals surface area contributed by atoms with Crippen molar-refractivity contribution in [1.29, 1.82) is 0 Å². The SMILES string of the molecule is O=C(O)c1cn(C2CN(C(=O)NCCC3CCC3)C2)nn1. The Bertz CT molecular complexity index is 534. The average molecular weight is 293 g/mol. The lowest BCUT2D eigenvalue weighted by Crippen LogP contribution is -2.54. The van der Waals surface area contributed by atoms with E-state index in [1.165, 1.54) is 30.1 Å². The number of hydrogen-bond donors (Lipinski definition) is 2. The Morgan fingerprint density at radius 2 is 2.14 bits per heavy atom. The van der Waals surface area contributed by atoms with Gasteiger partial charge in [-0.25, -0.2) is 14.3 Å². The molecule has 2 amide bonds. The normalized spacial score (nSPS) is 19.0. The predicted octanol–water partition coefficient (Wildman–Crippen LogP) is 0.733. The summed E-state index contributed by atoms with van der Waals surface area (Å²) in [7, 11) is 0. The van der Waals surface area contributed by atoms with Gasteiger partial charge in [-0.3, -0.25) is 0 Å². The topological polar surface area (TPSA) is 100 Å². The highest BCUT2D eigenvalue weighted by Gasteiger charge is 2.33. The van der Waals surface area contributed by atoms with Gasteiger partial charge in [0.2, 0.25) is 0 Å². The average Bonchev–Trinajstić information content (AvgIpc) is 2.80. The summed E-state index contributed by atoms with van der Waals surface area (Å²) in [5, 5.41) is 19.1. The molecule has 8 heteroatoms. The standard InChI is InChI=1S/C13H19N5O3/c19-12(20)11-8-18(16-15-11)10-6-17(7-10)13(21)14-5-4-9-2-1-3-9/h8-10H,1-7H2,(H,14,21)(H,19,20). The fourth-order valence-corrected chi connectivity index (χ4v) is 2.62. The van der Waals surface area contributed by atoms with Crippen molar-refractivity contribution in [2.45, 2.75) is 31.7 Å². The van der Waals surface area contributed by atoms with Gasteiger partial charge in [0.1, 0.15) is 0 Å². The Balaban J connectivity index is 1.39. The smallest absolute Gasteiger partial charge is 0.358 e. The molecule has 21 heavy (non-hydrogen) atoms. The first-order valence-corrected chi connectivity index (χ1v) is 7.31. The van der Waals surface area contributed by atoms with E-state index in [2.05, 4.69) is 15.6 Å². The Morgan fingerprint density at radius 3 is 2.71 bits per heavy atom. The van der Waals surface area contributed by atoms with Gasteiger partial charge in [0.05, 0.1) is 12.2 Å². The number of carboxylic acid groups (broad SMARTS) is 1. The maximum absolute atomic E-state index is 11.9. The largest absolute Gasteiger partial charge is 0.476 e. The molecule has 2 heterocycles. The number of nitrogens with zero attached hydrogens (tertiary/aromatic N) is 4. The summed E-state index contributed by atoms with van der Waals surface area (Å²) < 4.78 is 1.52. The first-order valence-electron chi connectivity index (χ1n) is 7.31. The van der Waals surface area contributed by atoms with Crippen LogP contribution in [0.3, 0.4) is 0 Å². The Labute approximate surface area is 122 Å². The van der Waals surface area contributed by atoms with Gasteiger partial charge in [-0.1, -0.05) is 24.5 Å². The number of aromatic carboxylic acids is 1. The number of amides is 2. The number of urea groups is 1. The minimum atomic E-state index is -1.09. The van der Waals surface area contributed by atoms with Crippen LogP contribution in [0.15, 0.2) is 6.20 Å². The first kappa shape index (κ1) is 13.8. The highest BCUT2D eigenvalue weighted by molar-refractivity contribution is 5.84. The van der Waals surface area contributed by atoms with Crippen LogP contribution < -0.4 is 5.32 Å². The van der Waals surface area contributed by atoms with E-state index < -0.39 is 5.97 Å². The number of hydrogen-bond acceptors (Lipinski definition) is 4. The number of rotatable bonds is 5. The van der Waals surface area contributed by atoms with E-state index in [0.29, 0.717) is 13.1 Å². The van der Waals surface area contributed by atoms with Crippen molar-refractivity contribution in [1.82, 2.24) is 25.2 Å². The van der Waals surface area contributed by atoms with E-state index in [4.69, 9.17) is 5.11 Å². The quantitative estimate of drug-likeness (QED) is 0.833. The second kappa shape index (κ2) is 5.71.